The van der Waals surface area contributed by atoms with Crippen molar-refractivity contribution in [2.24, 2.45) is 0 Å². The zero-order valence-corrected chi connectivity index (χ0v) is 13.7. The van der Waals surface area contributed by atoms with E-state index in [4.69, 9.17) is 12.2 Å². The molecule has 2 rings (SSSR count). The lowest BCUT2D eigenvalue weighted by Crippen LogP contribution is -2.32. The molecule has 0 fully saturated rings. The molecule has 0 heterocycles. The number of nitrogens with one attached hydrogen (secondary N) is 2. The molecule has 2 N–H and O–H groups in total. The number of aryl methyl sites for hydroxylation is 1. The first-order valence-electron chi connectivity index (χ1n) is 7.05. The minimum absolute atomic E-state index is 0.000124. The molecule has 0 aromatic heterocycles. The summed E-state index contributed by atoms with van der Waals surface area (Å²) in [5, 5.41) is 16.2. The Morgan fingerprint density at radius 1 is 1.21 bits per heavy atom. The number of rotatable bonds is 4. The van der Waals surface area contributed by atoms with Gasteiger partial charge in [-0.15, -0.1) is 0 Å². The van der Waals surface area contributed by atoms with E-state index < -0.39 is 10.8 Å². The lowest BCUT2D eigenvalue weighted by molar-refractivity contribution is -0.384. The van der Waals surface area contributed by atoms with E-state index in [1.165, 1.54) is 18.2 Å². The summed E-state index contributed by atoms with van der Waals surface area (Å²) >= 11 is 5.08. The van der Waals surface area contributed by atoms with Gasteiger partial charge in [-0.3, -0.25) is 20.2 Å². The molecule has 0 aliphatic heterocycles. The van der Waals surface area contributed by atoms with Gasteiger partial charge in [-0.2, -0.15) is 0 Å². The van der Waals surface area contributed by atoms with Crippen LogP contribution in [0.25, 0.3) is 6.08 Å². The number of carbonyl (C=O) groups is 1. The number of amides is 1. The van der Waals surface area contributed by atoms with Crippen LogP contribution in [0.3, 0.4) is 0 Å². The molecular weight excluding hydrogens is 326 g/mol. The highest BCUT2D eigenvalue weighted by Gasteiger charge is 2.04. The number of anilines is 1. The molecule has 1 amide bonds. The van der Waals surface area contributed by atoms with Gasteiger partial charge in [0.2, 0.25) is 5.91 Å². The van der Waals surface area contributed by atoms with Crippen LogP contribution in [0.2, 0.25) is 0 Å². The molecule has 2 aromatic carbocycles. The second-order valence-corrected chi connectivity index (χ2v) is 5.40. The van der Waals surface area contributed by atoms with Gasteiger partial charge >= 0.3 is 0 Å². The van der Waals surface area contributed by atoms with Crippen molar-refractivity contribution in [3.05, 3.63) is 75.8 Å². The Hall–Kier alpha value is -3.06. The summed E-state index contributed by atoms with van der Waals surface area (Å²) in [6.07, 6.45) is 2.86. The SMILES string of the molecule is Cc1cccc(NC(=S)NC(=O)/C=C/c2ccc([N+](=O)[O-])cc2)c1. The number of nitro groups is 1. The number of non-ortho nitro benzene ring substituents is 1. The molecule has 0 unspecified atom stereocenters. The lowest BCUT2D eigenvalue weighted by atomic mass is 10.2. The number of benzene rings is 2. The van der Waals surface area contributed by atoms with Crippen LogP contribution in [0.15, 0.2) is 54.6 Å². The second kappa shape index (κ2) is 7.98. The Labute approximate surface area is 144 Å². The fourth-order valence-electron chi connectivity index (χ4n) is 1.92. The minimum Gasteiger partial charge on any atom is -0.332 e. The summed E-state index contributed by atoms with van der Waals surface area (Å²) < 4.78 is 0. The Bertz CT molecular complexity index is 801. The number of nitrogens with zero attached hydrogens (tertiary/aromatic N) is 1. The monoisotopic (exact) mass is 341 g/mol. The van der Waals surface area contributed by atoms with Crippen molar-refractivity contribution in [1.82, 2.24) is 5.32 Å². The number of thiocarbonyl (C=S) groups is 1. The molecule has 7 heteroatoms. The average Bonchev–Trinajstić information content (AvgIpc) is 2.53. The van der Waals surface area contributed by atoms with E-state index in [1.807, 2.05) is 31.2 Å². The molecular formula is C17H15N3O3S. The van der Waals surface area contributed by atoms with Crippen molar-refractivity contribution in [3.63, 3.8) is 0 Å². The molecule has 0 bridgehead atoms. The number of nitro benzene ring substituents is 1. The summed E-state index contributed by atoms with van der Waals surface area (Å²) in [5.74, 6) is -0.390. The molecule has 0 radical (unpaired) electrons. The molecule has 24 heavy (non-hydrogen) atoms. The third kappa shape index (κ3) is 5.29. The summed E-state index contributed by atoms with van der Waals surface area (Å²) in [4.78, 5) is 21.9. The van der Waals surface area contributed by atoms with Crippen molar-refractivity contribution in [3.8, 4) is 0 Å². The van der Waals surface area contributed by atoms with E-state index >= 15 is 0 Å². The fourth-order valence-corrected chi connectivity index (χ4v) is 2.14. The van der Waals surface area contributed by atoms with E-state index in [-0.39, 0.29) is 10.8 Å². The first-order valence-corrected chi connectivity index (χ1v) is 7.46. The lowest BCUT2D eigenvalue weighted by Gasteiger charge is -2.08. The Morgan fingerprint density at radius 3 is 2.54 bits per heavy atom. The largest absolute Gasteiger partial charge is 0.332 e. The first kappa shape index (κ1) is 17.3. The van der Waals surface area contributed by atoms with Crippen LogP contribution in [0.4, 0.5) is 11.4 Å². The average molecular weight is 341 g/mol. The smallest absolute Gasteiger partial charge is 0.269 e. The summed E-state index contributed by atoms with van der Waals surface area (Å²) in [6.45, 7) is 1.96. The van der Waals surface area contributed by atoms with Crippen molar-refractivity contribution >= 4 is 40.7 Å². The number of hydrogen-bond acceptors (Lipinski definition) is 4. The maximum Gasteiger partial charge on any atom is 0.269 e. The van der Waals surface area contributed by atoms with Crippen molar-refractivity contribution in [2.75, 3.05) is 5.32 Å². The Balaban J connectivity index is 1.90. The second-order valence-electron chi connectivity index (χ2n) is 4.99. The molecule has 0 atom stereocenters. The quantitative estimate of drug-likeness (QED) is 0.385. The van der Waals surface area contributed by atoms with E-state index in [2.05, 4.69) is 10.6 Å². The molecule has 122 valence electrons. The van der Waals surface area contributed by atoms with Gasteiger partial charge in [0, 0.05) is 23.9 Å². The van der Waals surface area contributed by atoms with Crippen LogP contribution in [0.5, 0.6) is 0 Å². The third-order valence-electron chi connectivity index (χ3n) is 3.04. The molecule has 6 nitrogen and oxygen atoms in total. The molecule has 0 spiro atoms. The standard InChI is InChI=1S/C17H15N3O3S/c1-12-3-2-4-14(11-12)18-17(24)19-16(21)10-7-13-5-8-15(9-6-13)20(22)23/h2-11H,1H3,(H2,18,19,21,24)/b10-7+. The van der Waals surface area contributed by atoms with Gasteiger partial charge < -0.3 is 5.32 Å². The maximum atomic E-state index is 11.8. The normalized spacial score (nSPS) is 10.4. The van der Waals surface area contributed by atoms with Gasteiger partial charge in [-0.25, -0.2) is 0 Å². The Morgan fingerprint density at radius 2 is 1.92 bits per heavy atom. The van der Waals surface area contributed by atoms with E-state index in [9.17, 15) is 14.9 Å². The van der Waals surface area contributed by atoms with E-state index in [0.717, 1.165) is 11.3 Å². The minimum atomic E-state index is -0.477. The van der Waals surface area contributed by atoms with Gasteiger partial charge in [0.15, 0.2) is 5.11 Å². The van der Waals surface area contributed by atoms with Gasteiger partial charge in [0.1, 0.15) is 0 Å². The van der Waals surface area contributed by atoms with Gasteiger partial charge in [0.05, 0.1) is 4.92 Å². The predicted octanol–water partition coefficient (Wildman–Crippen LogP) is 3.43. The maximum absolute atomic E-state index is 11.8. The van der Waals surface area contributed by atoms with Crippen LogP contribution in [0, 0.1) is 17.0 Å². The highest BCUT2D eigenvalue weighted by atomic mass is 32.1. The van der Waals surface area contributed by atoms with Crippen LogP contribution in [-0.4, -0.2) is 15.9 Å². The summed E-state index contributed by atoms with van der Waals surface area (Å²) in [7, 11) is 0. The summed E-state index contributed by atoms with van der Waals surface area (Å²) in [5.41, 5.74) is 2.54. The van der Waals surface area contributed by atoms with Crippen LogP contribution in [0.1, 0.15) is 11.1 Å². The zero-order valence-electron chi connectivity index (χ0n) is 12.9. The number of carbonyl (C=O) groups excluding carboxylic acids is 1. The van der Waals surface area contributed by atoms with Crippen molar-refractivity contribution < 1.29 is 9.72 Å². The van der Waals surface area contributed by atoms with Crippen molar-refractivity contribution in [2.45, 2.75) is 6.92 Å². The molecule has 0 saturated carbocycles. The topological polar surface area (TPSA) is 84.3 Å². The first-order chi connectivity index (χ1) is 11.4. The van der Waals surface area contributed by atoms with Crippen LogP contribution < -0.4 is 10.6 Å². The molecule has 0 aliphatic carbocycles. The van der Waals surface area contributed by atoms with Gasteiger partial charge in [0.25, 0.3) is 5.69 Å². The van der Waals surface area contributed by atoms with Crippen LogP contribution in [-0.2, 0) is 4.79 Å². The van der Waals surface area contributed by atoms with E-state index in [1.54, 1.807) is 18.2 Å². The predicted molar refractivity (Wildman–Crippen MR) is 97.7 cm³/mol. The van der Waals surface area contributed by atoms with Gasteiger partial charge in [-0.1, -0.05) is 12.1 Å². The van der Waals surface area contributed by atoms with Gasteiger partial charge in [-0.05, 0) is 60.6 Å². The Kier molecular flexibility index (Phi) is 5.75. The number of hydrogen-bond donors (Lipinski definition) is 2. The summed E-state index contributed by atoms with van der Waals surface area (Å²) in [6, 6.07) is 13.5. The van der Waals surface area contributed by atoms with Crippen LogP contribution >= 0.6 is 12.2 Å². The highest BCUT2D eigenvalue weighted by Crippen LogP contribution is 2.13. The van der Waals surface area contributed by atoms with E-state index in [0.29, 0.717) is 5.56 Å². The highest BCUT2D eigenvalue weighted by molar-refractivity contribution is 7.80. The molecule has 0 aliphatic rings. The fraction of sp³-hybridized carbons (Fsp3) is 0.0588. The van der Waals surface area contributed by atoms with Crippen molar-refractivity contribution in [1.29, 1.82) is 0 Å². The molecule has 0 saturated heterocycles. The zero-order chi connectivity index (χ0) is 17.5. The molecule has 2 aromatic rings. The third-order valence-corrected chi connectivity index (χ3v) is 3.25.